The van der Waals surface area contributed by atoms with Gasteiger partial charge in [0.1, 0.15) is 17.4 Å². The van der Waals surface area contributed by atoms with Gasteiger partial charge in [-0.05, 0) is 37.6 Å². The van der Waals surface area contributed by atoms with Crippen LogP contribution in [0.25, 0.3) is 23.3 Å². The van der Waals surface area contributed by atoms with Gasteiger partial charge in [0.05, 0.1) is 13.2 Å². The Labute approximate surface area is 166 Å². The van der Waals surface area contributed by atoms with Crippen molar-refractivity contribution in [3.05, 3.63) is 50.6 Å². The van der Waals surface area contributed by atoms with Crippen molar-refractivity contribution in [3.8, 4) is 5.88 Å². The lowest BCUT2D eigenvalue weighted by Gasteiger charge is -2.10. The molecule has 1 fully saturated rings. The van der Waals surface area contributed by atoms with Gasteiger partial charge in [-0.15, -0.1) is 0 Å². The van der Waals surface area contributed by atoms with Crippen molar-refractivity contribution in [2.75, 3.05) is 13.2 Å². The van der Waals surface area contributed by atoms with Crippen LogP contribution < -0.4 is 16.0 Å². The van der Waals surface area contributed by atoms with Gasteiger partial charge in [-0.1, -0.05) is 0 Å². The number of aromatic nitrogens is 5. The molecule has 29 heavy (non-hydrogen) atoms. The number of nitrogens with zero attached hydrogens (tertiary/aromatic N) is 4. The number of ether oxygens (including phenoxy) is 2. The Morgan fingerprint density at radius 1 is 1.24 bits per heavy atom. The molecule has 4 heterocycles. The molecule has 3 aromatic rings. The lowest BCUT2D eigenvalue weighted by Crippen LogP contribution is -2.39. The number of rotatable bonds is 6. The van der Waals surface area contributed by atoms with Crippen molar-refractivity contribution in [2.24, 2.45) is 0 Å². The van der Waals surface area contributed by atoms with Crippen LogP contribution in [0.5, 0.6) is 5.88 Å². The Bertz CT molecular complexity index is 1150. The van der Waals surface area contributed by atoms with Crippen LogP contribution in [0.3, 0.4) is 0 Å². The summed E-state index contributed by atoms with van der Waals surface area (Å²) in [6.45, 7) is 5.68. The van der Waals surface area contributed by atoms with E-state index in [1.165, 1.54) is 9.13 Å². The first-order valence-corrected chi connectivity index (χ1v) is 9.72. The van der Waals surface area contributed by atoms with Gasteiger partial charge in [0.15, 0.2) is 5.65 Å². The number of aryl methyl sites for hydroxylation is 1. The number of hydrogen-bond donors (Lipinski definition) is 1. The van der Waals surface area contributed by atoms with E-state index in [0.29, 0.717) is 42.6 Å². The maximum Gasteiger partial charge on any atom is 0.332 e. The zero-order chi connectivity index (χ0) is 20.4. The molecule has 152 valence electrons. The summed E-state index contributed by atoms with van der Waals surface area (Å²) in [7, 11) is 0. The summed E-state index contributed by atoms with van der Waals surface area (Å²) in [4.78, 5) is 36.7. The number of aromatic amines is 1. The highest BCUT2D eigenvalue weighted by Crippen LogP contribution is 2.16. The molecule has 1 atom stereocenters. The van der Waals surface area contributed by atoms with E-state index < -0.39 is 0 Å². The summed E-state index contributed by atoms with van der Waals surface area (Å²) in [6.07, 6.45) is 6.22. The summed E-state index contributed by atoms with van der Waals surface area (Å²) in [5, 5.41) is 0. The van der Waals surface area contributed by atoms with E-state index in [4.69, 9.17) is 9.47 Å². The van der Waals surface area contributed by atoms with Crippen molar-refractivity contribution < 1.29 is 9.47 Å². The molecule has 1 aliphatic rings. The van der Waals surface area contributed by atoms with Crippen molar-refractivity contribution in [3.63, 3.8) is 0 Å². The highest BCUT2D eigenvalue weighted by Gasteiger charge is 2.17. The first kappa shape index (κ1) is 19.1. The van der Waals surface area contributed by atoms with Gasteiger partial charge in [0, 0.05) is 31.8 Å². The minimum absolute atomic E-state index is 0.0581. The van der Waals surface area contributed by atoms with Crippen LogP contribution in [0.2, 0.25) is 0 Å². The lowest BCUT2D eigenvalue weighted by molar-refractivity contribution is 0.138. The fraction of sp³-hybridized carbons (Fsp3) is 0.400. The summed E-state index contributed by atoms with van der Waals surface area (Å²) >= 11 is 0. The molecule has 1 aliphatic heterocycles. The zero-order valence-electron chi connectivity index (χ0n) is 16.4. The number of hydrogen-bond acceptors (Lipinski definition) is 6. The molecule has 0 aromatic carbocycles. The molecule has 4 rings (SSSR count). The molecule has 0 spiro atoms. The minimum Gasteiger partial charge on any atom is -0.472 e. The average Bonchev–Trinajstić information content (AvgIpc) is 3.38. The normalized spacial score (nSPS) is 16.8. The van der Waals surface area contributed by atoms with E-state index in [9.17, 15) is 9.59 Å². The Morgan fingerprint density at radius 3 is 2.72 bits per heavy atom. The largest absolute Gasteiger partial charge is 0.472 e. The van der Waals surface area contributed by atoms with Crippen LogP contribution in [0.1, 0.15) is 31.7 Å². The van der Waals surface area contributed by atoms with E-state index in [-0.39, 0.29) is 17.4 Å². The summed E-state index contributed by atoms with van der Waals surface area (Å²) in [5.41, 5.74) is 0.853. The van der Waals surface area contributed by atoms with Gasteiger partial charge in [0.2, 0.25) is 5.88 Å². The van der Waals surface area contributed by atoms with Crippen molar-refractivity contribution in [2.45, 2.75) is 39.5 Å². The first-order valence-electron chi connectivity index (χ1n) is 9.72. The molecule has 1 N–H and O–H groups in total. The third-order valence-corrected chi connectivity index (χ3v) is 4.88. The molecule has 9 nitrogen and oxygen atoms in total. The van der Waals surface area contributed by atoms with Gasteiger partial charge in [0.25, 0.3) is 5.56 Å². The molecule has 0 saturated carbocycles. The van der Waals surface area contributed by atoms with Crippen molar-refractivity contribution >= 4 is 23.3 Å². The van der Waals surface area contributed by atoms with Gasteiger partial charge in [-0.3, -0.25) is 13.9 Å². The molecule has 9 heteroatoms. The number of imidazole rings is 1. The smallest absolute Gasteiger partial charge is 0.332 e. The molecule has 0 unspecified atom stereocenters. The Hall–Kier alpha value is -3.20. The van der Waals surface area contributed by atoms with Crippen LogP contribution in [0, 0.1) is 0 Å². The zero-order valence-corrected chi connectivity index (χ0v) is 16.4. The third-order valence-electron chi connectivity index (χ3n) is 4.88. The SMILES string of the molecule is CCn1c(=O)c2[nH]c(/C=C/c3ccc(O[C@@H]4CCOC4)nc3)nc2n(CC)c1=O. The van der Waals surface area contributed by atoms with E-state index in [1.54, 1.807) is 19.2 Å². The molecule has 0 radical (unpaired) electrons. The molecule has 3 aromatic heterocycles. The fourth-order valence-corrected chi connectivity index (χ4v) is 3.34. The maximum atomic E-state index is 12.5. The van der Waals surface area contributed by atoms with Crippen LogP contribution in [0.4, 0.5) is 0 Å². The summed E-state index contributed by atoms with van der Waals surface area (Å²) in [5.74, 6) is 1.06. The second-order valence-corrected chi connectivity index (χ2v) is 6.76. The van der Waals surface area contributed by atoms with E-state index in [1.807, 2.05) is 25.1 Å². The monoisotopic (exact) mass is 397 g/mol. The minimum atomic E-state index is -0.358. The topological polar surface area (TPSA) is 104 Å². The van der Waals surface area contributed by atoms with Crippen LogP contribution in [-0.2, 0) is 17.8 Å². The highest BCUT2D eigenvalue weighted by molar-refractivity contribution is 5.75. The van der Waals surface area contributed by atoms with E-state index in [0.717, 1.165) is 18.6 Å². The molecule has 0 aliphatic carbocycles. The van der Waals surface area contributed by atoms with Crippen LogP contribution >= 0.6 is 0 Å². The van der Waals surface area contributed by atoms with E-state index in [2.05, 4.69) is 15.0 Å². The molecule has 1 saturated heterocycles. The Morgan fingerprint density at radius 2 is 2.07 bits per heavy atom. The van der Waals surface area contributed by atoms with Gasteiger partial charge in [-0.2, -0.15) is 0 Å². The van der Waals surface area contributed by atoms with Gasteiger partial charge < -0.3 is 14.5 Å². The highest BCUT2D eigenvalue weighted by atomic mass is 16.5. The van der Waals surface area contributed by atoms with Crippen LogP contribution in [-0.4, -0.2) is 43.4 Å². The predicted octanol–water partition coefficient (Wildman–Crippen LogP) is 1.66. The van der Waals surface area contributed by atoms with Crippen LogP contribution in [0.15, 0.2) is 27.9 Å². The van der Waals surface area contributed by atoms with Crippen molar-refractivity contribution in [1.82, 2.24) is 24.1 Å². The Kier molecular flexibility index (Phi) is 5.30. The molecular weight excluding hydrogens is 374 g/mol. The fourth-order valence-electron chi connectivity index (χ4n) is 3.34. The third kappa shape index (κ3) is 3.73. The lowest BCUT2D eigenvalue weighted by atomic mass is 10.2. The number of nitrogens with one attached hydrogen (secondary N) is 1. The standard InChI is InChI=1S/C20H23N5O4/c1-3-24-18-17(19(26)25(4-2)20(24)27)22-15(23-18)7-5-13-6-8-16(21-11-13)29-14-9-10-28-12-14/h5-8,11,14H,3-4,9-10,12H2,1-2H3,(H,22,23)/b7-5+/t14-/m1/s1. The number of pyridine rings is 1. The second kappa shape index (κ2) is 8.04. The summed E-state index contributed by atoms with van der Waals surface area (Å²) < 4.78 is 13.7. The summed E-state index contributed by atoms with van der Waals surface area (Å²) in [6, 6.07) is 3.70. The quantitative estimate of drug-likeness (QED) is 0.678. The maximum absolute atomic E-state index is 12.5. The van der Waals surface area contributed by atoms with E-state index >= 15 is 0 Å². The average molecular weight is 397 g/mol. The number of fused-ring (bicyclic) bond motifs is 1. The first-order chi connectivity index (χ1) is 14.1. The molecule has 0 bridgehead atoms. The van der Waals surface area contributed by atoms with Crippen molar-refractivity contribution in [1.29, 1.82) is 0 Å². The Balaban J connectivity index is 1.59. The molecule has 0 amide bonds. The van der Waals surface area contributed by atoms with Gasteiger partial charge in [-0.25, -0.2) is 14.8 Å². The second-order valence-electron chi connectivity index (χ2n) is 6.76. The van der Waals surface area contributed by atoms with Gasteiger partial charge >= 0.3 is 5.69 Å². The molecular formula is C20H23N5O4. The number of H-pyrrole nitrogens is 1. The predicted molar refractivity (Wildman–Crippen MR) is 109 cm³/mol.